The van der Waals surface area contributed by atoms with Crippen molar-refractivity contribution in [3.63, 3.8) is 0 Å². The molecule has 0 saturated carbocycles. The third kappa shape index (κ3) is 7.88. The summed E-state index contributed by atoms with van der Waals surface area (Å²) in [4.78, 5) is 0. The van der Waals surface area contributed by atoms with Crippen molar-refractivity contribution in [2.45, 2.75) is 20.1 Å². The molecular weight excluding hydrogens is 123 g/mol. The predicted molar refractivity (Wildman–Crippen MR) is 34.6 cm³/mol. The molecule has 0 heterocycles. The molecule has 10 heavy (non-hydrogen) atoms. The Bertz CT molecular complexity index is 108. The van der Waals surface area contributed by atoms with E-state index in [1.165, 1.54) is 0 Å². The van der Waals surface area contributed by atoms with Crippen molar-refractivity contribution < 1.29 is 28.3 Å². The average molecular weight is 134 g/mol. The molecule has 0 saturated heterocycles. The van der Waals surface area contributed by atoms with Crippen molar-refractivity contribution in [1.82, 2.24) is 0 Å². The van der Waals surface area contributed by atoms with Crippen molar-refractivity contribution in [2.24, 2.45) is 0 Å². The van der Waals surface area contributed by atoms with Gasteiger partial charge in [0.05, 0.1) is 0 Å². The van der Waals surface area contributed by atoms with Gasteiger partial charge in [0.25, 0.3) is 0 Å². The first kappa shape index (κ1) is 12.5. The zero-order valence-corrected chi connectivity index (χ0v) is 6.81. The Hall–Kier alpha value is -0.123. The minimum atomic E-state index is -0.246. The first-order valence-corrected chi connectivity index (χ1v) is 2.85. The minimum absolute atomic E-state index is 0. The third-order valence-corrected chi connectivity index (χ3v) is 0.698. The summed E-state index contributed by atoms with van der Waals surface area (Å²) in [7, 11) is 0. The molecule has 0 rings (SSSR count). The summed E-state index contributed by atoms with van der Waals surface area (Å²) < 4.78 is 9.78. The molecule has 0 aromatic heterocycles. The van der Waals surface area contributed by atoms with E-state index < -0.39 is 0 Å². The van der Waals surface area contributed by atoms with Crippen molar-refractivity contribution in [1.29, 1.82) is 0 Å². The van der Waals surface area contributed by atoms with Crippen LogP contribution in [-0.2, 0) is 9.47 Å². The molecule has 3 heteroatoms. The smallest absolute Gasteiger partial charge is 0.563 e. The molecule has 52 valence electrons. The van der Waals surface area contributed by atoms with E-state index in [2.05, 4.69) is 18.6 Å². The molecule has 0 fully saturated rings. The second-order valence-electron chi connectivity index (χ2n) is 1.42. The Labute approximate surface area is 74.1 Å². The molecule has 1 unspecified atom stereocenters. The standard InChI is InChI=1S/C7H11O2.Li/c1-4-6-9-7(3)8-5-2;/h7H,1,5H2,2-3H3;/q-1;+1. The van der Waals surface area contributed by atoms with Gasteiger partial charge in [0.1, 0.15) is 0 Å². The molecule has 0 bridgehead atoms. The monoisotopic (exact) mass is 134 g/mol. The average Bonchev–Trinajstić information content (AvgIpc) is 1.85. The van der Waals surface area contributed by atoms with Gasteiger partial charge in [-0.05, 0) is 20.1 Å². The Morgan fingerprint density at radius 1 is 1.70 bits per heavy atom. The number of rotatable bonds is 4. The van der Waals surface area contributed by atoms with Gasteiger partial charge in [-0.25, -0.2) is 6.58 Å². The van der Waals surface area contributed by atoms with E-state index in [1.807, 2.05) is 6.92 Å². The first-order valence-electron chi connectivity index (χ1n) is 2.85. The molecule has 0 aliphatic rings. The van der Waals surface area contributed by atoms with Crippen LogP contribution in [0.2, 0.25) is 0 Å². The minimum Gasteiger partial charge on any atom is -0.563 e. The van der Waals surface area contributed by atoms with E-state index in [1.54, 1.807) is 6.92 Å². The SMILES string of the molecule is C=C=[C-]OC(C)OCC.[Li+]. The summed E-state index contributed by atoms with van der Waals surface area (Å²) >= 11 is 0. The van der Waals surface area contributed by atoms with Crippen molar-refractivity contribution in [3.8, 4) is 0 Å². The van der Waals surface area contributed by atoms with Crippen LogP contribution in [0.1, 0.15) is 13.8 Å². The second kappa shape index (κ2) is 8.88. The van der Waals surface area contributed by atoms with Crippen LogP contribution in [0.5, 0.6) is 0 Å². The van der Waals surface area contributed by atoms with Crippen LogP contribution in [-0.4, -0.2) is 12.9 Å². The van der Waals surface area contributed by atoms with E-state index in [0.29, 0.717) is 6.61 Å². The van der Waals surface area contributed by atoms with Gasteiger partial charge < -0.3 is 9.47 Å². The van der Waals surface area contributed by atoms with E-state index in [9.17, 15) is 0 Å². The molecule has 2 nitrogen and oxygen atoms in total. The largest absolute Gasteiger partial charge is 1.00 e. The van der Waals surface area contributed by atoms with Gasteiger partial charge in [-0.1, -0.05) is 0 Å². The van der Waals surface area contributed by atoms with Crippen LogP contribution in [0.25, 0.3) is 0 Å². The van der Waals surface area contributed by atoms with Gasteiger partial charge in [0, 0.05) is 6.61 Å². The van der Waals surface area contributed by atoms with Gasteiger partial charge in [0.2, 0.25) is 0 Å². The van der Waals surface area contributed by atoms with E-state index in [0.717, 1.165) is 0 Å². The second-order valence-corrected chi connectivity index (χ2v) is 1.42. The summed E-state index contributed by atoms with van der Waals surface area (Å²) in [6.07, 6.45) is 2.10. The molecule has 0 radical (unpaired) electrons. The maximum Gasteiger partial charge on any atom is 1.00 e. The summed E-state index contributed by atoms with van der Waals surface area (Å²) in [5.41, 5.74) is 2.35. The maximum absolute atomic E-state index is 4.99. The van der Waals surface area contributed by atoms with E-state index in [4.69, 9.17) is 9.47 Å². The van der Waals surface area contributed by atoms with Crippen molar-refractivity contribution >= 4 is 0 Å². The summed E-state index contributed by atoms with van der Waals surface area (Å²) in [6.45, 7) is 7.60. The molecule has 0 spiro atoms. The Kier molecular flexibility index (Phi) is 11.1. The zero-order valence-electron chi connectivity index (χ0n) is 6.81. The molecule has 0 aliphatic heterocycles. The summed E-state index contributed by atoms with van der Waals surface area (Å²) in [5.74, 6) is 0. The molecular formula is C7H11LiO2. The molecule has 0 aromatic rings. The van der Waals surface area contributed by atoms with Crippen LogP contribution < -0.4 is 18.9 Å². The fraction of sp³-hybridized carbons (Fsp3) is 0.571. The van der Waals surface area contributed by atoms with Crippen LogP contribution in [0.4, 0.5) is 0 Å². The summed E-state index contributed by atoms with van der Waals surface area (Å²) in [6, 6.07) is 0. The van der Waals surface area contributed by atoms with E-state index in [-0.39, 0.29) is 25.2 Å². The predicted octanol–water partition coefficient (Wildman–Crippen LogP) is -1.51. The molecule has 1 atom stereocenters. The Balaban J connectivity index is 0. The molecule has 0 N–H and O–H groups in total. The molecule has 0 aliphatic carbocycles. The quantitative estimate of drug-likeness (QED) is 0.153. The van der Waals surface area contributed by atoms with E-state index >= 15 is 0 Å². The number of ether oxygens (including phenoxy) is 2. The van der Waals surface area contributed by atoms with Crippen LogP contribution >= 0.6 is 0 Å². The molecule has 0 amide bonds. The van der Waals surface area contributed by atoms with Gasteiger partial charge in [-0.2, -0.15) is 0 Å². The Morgan fingerprint density at radius 2 is 2.30 bits per heavy atom. The number of hydrogen-bond acceptors (Lipinski definition) is 2. The summed E-state index contributed by atoms with van der Waals surface area (Å²) in [5, 5.41) is 0. The topological polar surface area (TPSA) is 18.5 Å². The Morgan fingerprint density at radius 3 is 2.70 bits per heavy atom. The van der Waals surface area contributed by atoms with Gasteiger partial charge >= 0.3 is 18.9 Å². The van der Waals surface area contributed by atoms with Crippen molar-refractivity contribution in [3.05, 3.63) is 18.6 Å². The molecule has 0 aromatic carbocycles. The number of hydrogen-bond donors (Lipinski definition) is 0. The fourth-order valence-corrected chi connectivity index (χ4v) is 0.393. The van der Waals surface area contributed by atoms with Gasteiger partial charge in [0.15, 0.2) is 6.29 Å². The van der Waals surface area contributed by atoms with Crippen LogP contribution in [0.3, 0.4) is 0 Å². The maximum atomic E-state index is 4.99. The van der Waals surface area contributed by atoms with Crippen LogP contribution in [0.15, 0.2) is 12.3 Å². The fourth-order valence-electron chi connectivity index (χ4n) is 0.393. The first-order chi connectivity index (χ1) is 4.31. The normalized spacial score (nSPS) is 10.6. The van der Waals surface area contributed by atoms with Gasteiger partial charge in [-0.15, -0.1) is 0 Å². The third-order valence-electron chi connectivity index (χ3n) is 0.698. The van der Waals surface area contributed by atoms with Crippen LogP contribution in [0, 0.1) is 6.26 Å². The van der Waals surface area contributed by atoms with Gasteiger partial charge in [-0.3, -0.25) is 5.73 Å². The zero-order chi connectivity index (χ0) is 7.11. The van der Waals surface area contributed by atoms with Crippen molar-refractivity contribution in [2.75, 3.05) is 6.61 Å².